The van der Waals surface area contributed by atoms with Crippen molar-refractivity contribution in [1.82, 2.24) is 0 Å². The molecule has 1 aliphatic rings. The van der Waals surface area contributed by atoms with Gasteiger partial charge in [-0.1, -0.05) is 42.5 Å². The first kappa shape index (κ1) is 20.1. The molecule has 2 aromatic rings. The van der Waals surface area contributed by atoms with Crippen molar-refractivity contribution in [2.75, 3.05) is 13.2 Å². The molecule has 5 heteroatoms. The maximum Gasteiger partial charge on any atom is 0.525 e. The summed E-state index contributed by atoms with van der Waals surface area (Å²) in [6.45, 7) is 10.7. The summed E-state index contributed by atoms with van der Waals surface area (Å²) in [5.41, 5.74) is -0.0964. The van der Waals surface area contributed by atoms with E-state index in [4.69, 9.17) is 14.0 Å². The van der Waals surface area contributed by atoms with Crippen LogP contribution in [-0.2, 0) is 14.0 Å². The van der Waals surface area contributed by atoms with E-state index in [1.165, 1.54) is 0 Å². The van der Waals surface area contributed by atoms with Crippen LogP contribution in [0.5, 0.6) is 0 Å². The SMILES string of the molecule is CCOCCC(=C(F)B1OC(C)(C)C(C)(C)O1)c1cccc2ccccc12. The number of benzene rings is 2. The van der Waals surface area contributed by atoms with Gasteiger partial charge in [0.05, 0.1) is 17.8 Å². The first-order valence-electron chi connectivity index (χ1n) is 9.57. The summed E-state index contributed by atoms with van der Waals surface area (Å²) in [6.07, 6.45) is 0.456. The summed E-state index contributed by atoms with van der Waals surface area (Å²) in [7, 11) is -1.01. The van der Waals surface area contributed by atoms with E-state index in [1.54, 1.807) is 0 Å². The van der Waals surface area contributed by atoms with E-state index < -0.39 is 18.3 Å². The van der Waals surface area contributed by atoms with Crippen LogP contribution in [0.2, 0.25) is 0 Å². The van der Waals surface area contributed by atoms with Gasteiger partial charge >= 0.3 is 7.12 Å². The van der Waals surface area contributed by atoms with Crippen molar-refractivity contribution in [2.45, 2.75) is 52.2 Å². The van der Waals surface area contributed by atoms with Crippen LogP contribution in [0, 0.1) is 0 Å². The summed E-state index contributed by atoms with van der Waals surface area (Å²) in [5.74, 6) is 0. The Morgan fingerprint density at radius 3 is 2.30 bits per heavy atom. The Balaban J connectivity index is 2.06. The fraction of sp³-hybridized carbons (Fsp3) is 0.455. The Labute approximate surface area is 161 Å². The standard InChI is InChI=1S/C22H28BFO3/c1-6-25-15-14-19(18-13-9-11-16-10-7-8-12-17(16)18)20(24)23-26-21(2,3)22(4,5)27-23/h7-13H,6,14-15H2,1-5H3. The van der Waals surface area contributed by atoms with Crippen molar-refractivity contribution in [3.05, 3.63) is 53.8 Å². The summed E-state index contributed by atoms with van der Waals surface area (Å²) >= 11 is 0. The van der Waals surface area contributed by atoms with Crippen LogP contribution in [-0.4, -0.2) is 31.5 Å². The van der Waals surface area contributed by atoms with Crippen LogP contribution in [0.25, 0.3) is 16.3 Å². The van der Waals surface area contributed by atoms with E-state index in [1.807, 2.05) is 77.1 Å². The summed E-state index contributed by atoms with van der Waals surface area (Å²) < 4.78 is 33.1. The zero-order valence-electron chi connectivity index (χ0n) is 16.8. The number of ether oxygens (including phenoxy) is 1. The molecule has 0 amide bonds. The Morgan fingerprint density at radius 1 is 1.00 bits per heavy atom. The molecule has 0 radical (unpaired) electrons. The molecular formula is C22H28BFO3. The fourth-order valence-corrected chi connectivity index (χ4v) is 3.28. The van der Waals surface area contributed by atoms with Gasteiger partial charge in [0.2, 0.25) is 0 Å². The van der Waals surface area contributed by atoms with Gasteiger partial charge in [-0.05, 0) is 62.9 Å². The number of fused-ring (bicyclic) bond motifs is 1. The molecular weight excluding hydrogens is 342 g/mol. The van der Waals surface area contributed by atoms with Gasteiger partial charge in [0, 0.05) is 6.61 Å². The van der Waals surface area contributed by atoms with E-state index in [9.17, 15) is 0 Å². The maximum atomic E-state index is 15.7. The third-order valence-electron chi connectivity index (χ3n) is 5.56. The molecule has 0 aliphatic carbocycles. The lowest BCUT2D eigenvalue weighted by Crippen LogP contribution is -2.41. The largest absolute Gasteiger partial charge is 0.525 e. The molecule has 0 spiro atoms. The molecule has 0 N–H and O–H groups in total. The molecule has 1 heterocycles. The maximum absolute atomic E-state index is 15.7. The van der Waals surface area contributed by atoms with Gasteiger partial charge in [-0.3, -0.25) is 0 Å². The monoisotopic (exact) mass is 370 g/mol. The number of halogens is 1. The summed E-state index contributed by atoms with van der Waals surface area (Å²) in [5, 5.41) is 2.09. The van der Waals surface area contributed by atoms with Crippen LogP contribution in [0.1, 0.15) is 46.6 Å². The topological polar surface area (TPSA) is 27.7 Å². The van der Waals surface area contributed by atoms with Crippen molar-refractivity contribution in [2.24, 2.45) is 0 Å². The molecule has 0 aromatic heterocycles. The van der Waals surface area contributed by atoms with Crippen molar-refractivity contribution >= 4 is 23.5 Å². The van der Waals surface area contributed by atoms with E-state index in [2.05, 4.69) is 0 Å². The fourth-order valence-electron chi connectivity index (χ4n) is 3.28. The number of hydrogen-bond donors (Lipinski definition) is 0. The lowest BCUT2D eigenvalue weighted by atomic mass is 9.81. The second-order valence-electron chi connectivity index (χ2n) is 7.89. The summed E-state index contributed by atoms with van der Waals surface area (Å²) in [6, 6.07) is 13.9. The minimum atomic E-state index is -1.01. The van der Waals surface area contributed by atoms with E-state index >= 15 is 4.39 Å². The highest BCUT2D eigenvalue weighted by atomic mass is 19.1. The third-order valence-corrected chi connectivity index (χ3v) is 5.56. The number of rotatable bonds is 6. The van der Waals surface area contributed by atoms with Gasteiger partial charge in [-0.15, -0.1) is 0 Å². The van der Waals surface area contributed by atoms with Gasteiger partial charge in [0.15, 0.2) is 0 Å². The highest BCUT2D eigenvalue weighted by molar-refractivity contribution is 6.55. The molecule has 3 nitrogen and oxygen atoms in total. The van der Waals surface area contributed by atoms with Crippen LogP contribution in [0.3, 0.4) is 0 Å². The molecule has 1 saturated heterocycles. The average molecular weight is 370 g/mol. The first-order valence-corrected chi connectivity index (χ1v) is 9.57. The van der Waals surface area contributed by atoms with Gasteiger partial charge in [0.1, 0.15) is 5.73 Å². The summed E-state index contributed by atoms with van der Waals surface area (Å²) in [4.78, 5) is 0. The zero-order valence-corrected chi connectivity index (χ0v) is 16.8. The molecule has 0 unspecified atom stereocenters. The van der Waals surface area contributed by atoms with Crippen molar-refractivity contribution < 1.29 is 18.4 Å². The van der Waals surface area contributed by atoms with Crippen LogP contribution in [0.15, 0.2) is 48.2 Å². The highest BCUT2D eigenvalue weighted by Gasteiger charge is 2.53. The van der Waals surface area contributed by atoms with Crippen molar-refractivity contribution in [1.29, 1.82) is 0 Å². The van der Waals surface area contributed by atoms with E-state index in [0.29, 0.717) is 25.2 Å². The Hall–Kier alpha value is -1.69. The van der Waals surface area contributed by atoms with Gasteiger partial charge in [0.25, 0.3) is 0 Å². The number of hydrogen-bond acceptors (Lipinski definition) is 3. The first-order chi connectivity index (χ1) is 12.8. The van der Waals surface area contributed by atoms with Gasteiger partial charge < -0.3 is 14.0 Å². The van der Waals surface area contributed by atoms with E-state index in [-0.39, 0.29) is 5.73 Å². The second kappa shape index (κ2) is 7.74. The van der Waals surface area contributed by atoms with Crippen LogP contribution >= 0.6 is 0 Å². The van der Waals surface area contributed by atoms with Crippen LogP contribution < -0.4 is 0 Å². The third kappa shape index (κ3) is 3.96. The molecule has 0 bridgehead atoms. The highest BCUT2D eigenvalue weighted by Crippen LogP contribution is 2.41. The molecule has 1 fully saturated rings. The minimum absolute atomic E-state index is 0.371. The van der Waals surface area contributed by atoms with Crippen molar-refractivity contribution in [3.8, 4) is 0 Å². The molecule has 0 atom stereocenters. The molecule has 144 valence electrons. The predicted molar refractivity (Wildman–Crippen MR) is 109 cm³/mol. The normalized spacial score (nSPS) is 19.4. The smallest absolute Gasteiger partial charge is 0.398 e. The van der Waals surface area contributed by atoms with E-state index in [0.717, 1.165) is 16.3 Å². The Bertz CT molecular complexity index is 823. The minimum Gasteiger partial charge on any atom is -0.398 e. The lowest BCUT2D eigenvalue weighted by Gasteiger charge is -2.32. The van der Waals surface area contributed by atoms with Gasteiger partial charge in [-0.25, -0.2) is 4.39 Å². The molecule has 3 rings (SSSR count). The predicted octanol–water partition coefficient (Wildman–Crippen LogP) is 5.58. The second-order valence-corrected chi connectivity index (χ2v) is 7.89. The van der Waals surface area contributed by atoms with Gasteiger partial charge in [-0.2, -0.15) is 0 Å². The zero-order chi connectivity index (χ0) is 19.7. The average Bonchev–Trinajstić information content (AvgIpc) is 2.86. The Kier molecular flexibility index (Phi) is 5.75. The molecule has 0 saturated carbocycles. The quantitative estimate of drug-likeness (QED) is 0.491. The van der Waals surface area contributed by atoms with Crippen LogP contribution in [0.4, 0.5) is 4.39 Å². The molecule has 27 heavy (non-hydrogen) atoms. The Morgan fingerprint density at radius 2 is 1.63 bits per heavy atom. The molecule has 2 aromatic carbocycles. The van der Waals surface area contributed by atoms with Crippen molar-refractivity contribution in [3.63, 3.8) is 0 Å². The molecule has 1 aliphatic heterocycles. The lowest BCUT2D eigenvalue weighted by molar-refractivity contribution is 0.00578.